The molecule has 19 heavy (non-hydrogen) atoms. The molecule has 0 saturated heterocycles. The van der Waals surface area contributed by atoms with E-state index in [1.54, 1.807) is 6.07 Å². The van der Waals surface area contributed by atoms with Crippen molar-refractivity contribution in [2.24, 2.45) is 0 Å². The van der Waals surface area contributed by atoms with Crippen LogP contribution in [0.4, 0.5) is 0 Å². The van der Waals surface area contributed by atoms with E-state index in [4.69, 9.17) is 4.74 Å². The summed E-state index contributed by atoms with van der Waals surface area (Å²) >= 11 is 0. The first-order valence-electron chi connectivity index (χ1n) is 6.24. The van der Waals surface area contributed by atoms with Crippen LogP contribution in [0.15, 0.2) is 54.6 Å². The molecule has 3 nitrogen and oxygen atoms in total. The van der Waals surface area contributed by atoms with Crippen LogP contribution in [0, 0.1) is 0 Å². The zero-order chi connectivity index (χ0) is 13.3. The van der Waals surface area contributed by atoms with E-state index in [2.05, 4.69) is 0 Å². The molecular formula is C16H14O3. The Balaban J connectivity index is 1.91. The first-order valence-corrected chi connectivity index (χ1v) is 6.24. The van der Waals surface area contributed by atoms with Crippen LogP contribution in [0.25, 0.3) is 0 Å². The third kappa shape index (κ3) is 2.25. The Bertz CT molecular complexity index is 606. The average Bonchev–Trinajstić information content (AvgIpc) is 2.41. The molecule has 3 rings (SSSR count). The number of hydrogen-bond acceptors (Lipinski definition) is 3. The maximum Gasteiger partial charge on any atom is 0.344 e. The highest BCUT2D eigenvalue weighted by Crippen LogP contribution is 2.32. The molecule has 0 radical (unpaired) electrons. The summed E-state index contributed by atoms with van der Waals surface area (Å²) in [6.07, 6.45) is 0.553. The summed E-state index contributed by atoms with van der Waals surface area (Å²) in [6.45, 7) is 0. The first kappa shape index (κ1) is 11.9. The van der Waals surface area contributed by atoms with Gasteiger partial charge in [-0.3, -0.25) is 0 Å². The zero-order valence-corrected chi connectivity index (χ0v) is 10.4. The summed E-state index contributed by atoms with van der Waals surface area (Å²) in [6, 6.07) is 16.8. The summed E-state index contributed by atoms with van der Waals surface area (Å²) in [7, 11) is 0. The van der Waals surface area contributed by atoms with Crippen LogP contribution in [0.1, 0.15) is 11.1 Å². The molecular weight excluding hydrogens is 240 g/mol. The van der Waals surface area contributed by atoms with Crippen LogP contribution >= 0.6 is 0 Å². The van der Waals surface area contributed by atoms with Crippen molar-refractivity contribution in [2.45, 2.75) is 18.4 Å². The van der Waals surface area contributed by atoms with Gasteiger partial charge in [0.15, 0.2) is 5.60 Å². The lowest BCUT2D eigenvalue weighted by atomic mass is 9.86. The van der Waals surface area contributed by atoms with Crippen LogP contribution in [-0.2, 0) is 17.6 Å². The zero-order valence-electron chi connectivity index (χ0n) is 10.4. The van der Waals surface area contributed by atoms with Gasteiger partial charge in [0, 0.05) is 12.8 Å². The second-order valence-electron chi connectivity index (χ2n) is 4.87. The standard InChI is InChI=1S/C16H14O3/c17-15-16(18,10-12-6-2-1-3-7-12)11-13-8-4-5-9-14(13)19-15/h1-9,18H,10-11H2. The average molecular weight is 254 g/mol. The molecule has 0 spiro atoms. The fourth-order valence-electron chi connectivity index (χ4n) is 2.40. The highest BCUT2D eigenvalue weighted by atomic mass is 16.6. The number of carbonyl (C=O) groups is 1. The molecule has 1 unspecified atom stereocenters. The van der Waals surface area contributed by atoms with Crippen LogP contribution < -0.4 is 4.74 Å². The molecule has 1 N–H and O–H groups in total. The molecule has 1 heterocycles. The van der Waals surface area contributed by atoms with Crippen molar-refractivity contribution in [1.82, 2.24) is 0 Å². The molecule has 0 aromatic heterocycles. The summed E-state index contributed by atoms with van der Waals surface area (Å²) in [4.78, 5) is 12.0. The van der Waals surface area contributed by atoms with Gasteiger partial charge in [0.05, 0.1) is 0 Å². The molecule has 0 saturated carbocycles. The minimum Gasteiger partial charge on any atom is -0.424 e. The lowest BCUT2D eigenvalue weighted by Gasteiger charge is -2.31. The van der Waals surface area contributed by atoms with Gasteiger partial charge in [0.1, 0.15) is 5.75 Å². The van der Waals surface area contributed by atoms with Crippen molar-refractivity contribution in [2.75, 3.05) is 0 Å². The lowest BCUT2D eigenvalue weighted by Crippen LogP contribution is -2.48. The Hall–Kier alpha value is -2.13. The molecule has 0 bridgehead atoms. The summed E-state index contributed by atoms with van der Waals surface area (Å²) in [5.74, 6) is -0.0275. The third-order valence-electron chi connectivity index (χ3n) is 3.38. The monoisotopic (exact) mass is 254 g/mol. The highest BCUT2D eigenvalue weighted by Gasteiger charge is 2.42. The third-order valence-corrected chi connectivity index (χ3v) is 3.38. The van der Waals surface area contributed by atoms with Crippen LogP contribution in [-0.4, -0.2) is 16.7 Å². The van der Waals surface area contributed by atoms with Crippen LogP contribution in [0.5, 0.6) is 5.75 Å². The fraction of sp³-hybridized carbons (Fsp3) is 0.188. The summed E-state index contributed by atoms with van der Waals surface area (Å²) < 4.78 is 5.23. The lowest BCUT2D eigenvalue weighted by molar-refractivity contribution is -0.157. The van der Waals surface area contributed by atoms with E-state index in [9.17, 15) is 9.90 Å². The minimum atomic E-state index is -1.48. The van der Waals surface area contributed by atoms with Crippen molar-refractivity contribution >= 4 is 5.97 Å². The van der Waals surface area contributed by atoms with E-state index in [1.807, 2.05) is 48.5 Å². The molecule has 1 atom stereocenters. The van der Waals surface area contributed by atoms with Gasteiger partial charge in [-0.2, -0.15) is 0 Å². The second kappa shape index (κ2) is 4.52. The van der Waals surface area contributed by atoms with Crippen LogP contribution in [0.3, 0.4) is 0 Å². The van der Waals surface area contributed by atoms with Crippen molar-refractivity contribution in [1.29, 1.82) is 0 Å². The molecule has 0 amide bonds. The van der Waals surface area contributed by atoms with E-state index in [0.29, 0.717) is 5.75 Å². The molecule has 2 aromatic carbocycles. The van der Waals surface area contributed by atoms with Crippen molar-refractivity contribution in [3.63, 3.8) is 0 Å². The van der Waals surface area contributed by atoms with Gasteiger partial charge < -0.3 is 9.84 Å². The van der Waals surface area contributed by atoms with Gasteiger partial charge >= 0.3 is 5.97 Å². The molecule has 0 fully saturated rings. The van der Waals surface area contributed by atoms with E-state index in [1.165, 1.54) is 0 Å². The minimum absolute atomic E-state index is 0.265. The number of rotatable bonds is 2. The Labute approximate surface area is 111 Å². The van der Waals surface area contributed by atoms with Gasteiger partial charge in [-0.1, -0.05) is 48.5 Å². The normalized spacial score (nSPS) is 21.6. The first-order chi connectivity index (χ1) is 9.17. The van der Waals surface area contributed by atoms with Crippen molar-refractivity contribution in [3.05, 3.63) is 65.7 Å². The van der Waals surface area contributed by atoms with E-state index < -0.39 is 11.6 Å². The predicted octanol–water partition coefficient (Wildman–Crippen LogP) is 2.12. The quantitative estimate of drug-likeness (QED) is 0.659. The Morgan fingerprint density at radius 2 is 1.74 bits per heavy atom. The van der Waals surface area contributed by atoms with Gasteiger partial charge in [-0.05, 0) is 17.2 Å². The van der Waals surface area contributed by atoms with Crippen molar-refractivity contribution in [3.8, 4) is 5.75 Å². The number of para-hydroxylation sites is 1. The Morgan fingerprint density at radius 1 is 1.05 bits per heavy atom. The number of benzene rings is 2. The summed E-state index contributed by atoms with van der Waals surface area (Å²) in [5, 5.41) is 10.6. The SMILES string of the molecule is O=C1Oc2ccccc2CC1(O)Cc1ccccc1. The van der Waals surface area contributed by atoms with Gasteiger partial charge in [0.2, 0.25) is 0 Å². The highest BCUT2D eigenvalue weighted by molar-refractivity contribution is 5.84. The van der Waals surface area contributed by atoms with Gasteiger partial charge in [0.25, 0.3) is 0 Å². The topological polar surface area (TPSA) is 46.5 Å². The number of hydrogen-bond donors (Lipinski definition) is 1. The van der Waals surface area contributed by atoms with E-state index in [-0.39, 0.29) is 12.8 Å². The maximum absolute atomic E-state index is 12.0. The van der Waals surface area contributed by atoms with Gasteiger partial charge in [-0.15, -0.1) is 0 Å². The van der Waals surface area contributed by atoms with E-state index in [0.717, 1.165) is 11.1 Å². The Morgan fingerprint density at radius 3 is 2.53 bits per heavy atom. The molecule has 3 heteroatoms. The number of fused-ring (bicyclic) bond motifs is 1. The second-order valence-corrected chi connectivity index (χ2v) is 4.87. The van der Waals surface area contributed by atoms with Gasteiger partial charge in [-0.25, -0.2) is 4.79 Å². The number of aliphatic hydroxyl groups is 1. The molecule has 96 valence electrons. The summed E-state index contributed by atoms with van der Waals surface area (Å²) in [5.41, 5.74) is 0.303. The molecule has 1 aliphatic heterocycles. The maximum atomic E-state index is 12.0. The van der Waals surface area contributed by atoms with Crippen molar-refractivity contribution < 1.29 is 14.6 Å². The number of esters is 1. The molecule has 1 aliphatic rings. The predicted molar refractivity (Wildman–Crippen MR) is 70.9 cm³/mol. The number of carbonyl (C=O) groups excluding carboxylic acids is 1. The number of ether oxygens (including phenoxy) is 1. The Kier molecular flexibility index (Phi) is 2.84. The smallest absolute Gasteiger partial charge is 0.344 e. The van der Waals surface area contributed by atoms with Crippen LogP contribution in [0.2, 0.25) is 0 Å². The molecule has 0 aliphatic carbocycles. The largest absolute Gasteiger partial charge is 0.424 e. The molecule has 2 aromatic rings. The fourth-order valence-corrected chi connectivity index (χ4v) is 2.40. The van der Waals surface area contributed by atoms with E-state index >= 15 is 0 Å².